The molecule has 2 saturated heterocycles. The van der Waals surface area contributed by atoms with Crippen LogP contribution < -0.4 is 10.6 Å². The van der Waals surface area contributed by atoms with Gasteiger partial charge in [-0.1, -0.05) is 0 Å². The topological polar surface area (TPSA) is 70.7 Å². The van der Waals surface area contributed by atoms with Gasteiger partial charge in [-0.15, -0.1) is 12.4 Å². The smallest absolute Gasteiger partial charge is 0.245 e. The van der Waals surface area contributed by atoms with Crippen LogP contribution in [0.2, 0.25) is 0 Å². The molecule has 0 radical (unpaired) electrons. The van der Waals surface area contributed by atoms with Gasteiger partial charge < -0.3 is 20.3 Å². The number of hydrogen-bond acceptors (Lipinski definition) is 4. The normalized spacial score (nSPS) is 24.4. The molecule has 2 aliphatic rings. The zero-order valence-corrected chi connectivity index (χ0v) is 12.7. The van der Waals surface area contributed by atoms with Crippen molar-refractivity contribution in [1.82, 2.24) is 15.5 Å². The zero-order valence-electron chi connectivity index (χ0n) is 11.9. The molecule has 0 aromatic heterocycles. The predicted molar refractivity (Wildman–Crippen MR) is 77.8 cm³/mol. The van der Waals surface area contributed by atoms with Crippen LogP contribution in [0.1, 0.15) is 19.8 Å². The van der Waals surface area contributed by atoms with E-state index in [9.17, 15) is 9.59 Å². The molecular formula is C13H24ClN3O3. The predicted octanol–water partition coefficient (Wildman–Crippen LogP) is -0.229. The number of rotatable bonds is 3. The second kappa shape index (κ2) is 8.44. The monoisotopic (exact) mass is 305 g/mol. The van der Waals surface area contributed by atoms with Crippen molar-refractivity contribution in [2.75, 3.05) is 39.4 Å². The van der Waals surface area contributed by atoms with Gasteiger partial charge in [-0.2, -0.15) is 0 Å². The lowest BCUT2D eigenvalue weighted by Crippen LogP contribution is -2.52. The molecule has 20 heavy (non-hydrogen) atoms. The average molecular weight is 306 g/mol. The third-order valence-corrected chi connectivity index (χ3v) is 3.72. The highest BCUT2D eigenvalue weighted by molar-refractivity contribution is 5.88. The van der Waals surface area contributed by atoms with Gasteiger partial charge in [-0.05, 0) is 26.3 Å². The van der Waals surface area contributed by atoms with Crippen LogP contribution in [0.5, 0.6) is 0 Å². The van der Waals surface area contributed by atoms with Crippen LogP contribution in [0, 0.1) is 5.92 Å². The maximum absolute atomic E-state index is 12.2. The molecule has 0 aliphatic carbocycles. The Morgan fingerprint density at radius 3 is 2.65 bits per heavy atom. The Hall–Kier alpha value is -0.850. The van der Waals surface area contributed by atoms with Gasteiger partial charge in [0.2, 0.25) is 11.8 Å². The highest BCUT2D eigenvalue weighted by Gasteiger charge is 2.27. The summed E-state index contributed by atoms with van der Waals surface area (Å²) in [7, 11) is 0. The van der Waals surface area contributed by atoms with Crippen molar-refractivity contribution >= 4 is 24.2 Å². The summed E-state index contributed by atoms with van der Waals surface area (Å²) < 4.78 is 5.22. The maximum atomic E-state index is 12.2. The van der Waals surface area contributed by atoms with Crippen molar-refractivity contribution in [1.29, 1.82) is 0 Å². The lowest BCUT2D eigenvalue weighted by atomic mass is 9.98. The molecule has 2 amide bonds. The van der Waals surface area contributed by atoms with E-state index in [1.807, 2.05) is 0 Å². The van der Waals surface area contributed by atoms with Crippen LogP contribution in [0.3, 0.4) is 0 Å². The summed E-state index contributed by atoms with van der Waals surface area (Å²) in [6, 6.07) is -0.451. The molecule has 0 aromatic carbocycles. The van der Waals surface area contributed by atoms with E-state index < -0.39 is 6.04 Å². The number of piperidine rings is 1. The van der Waals surface area contributed by atoms with Crippen LogP contribution in [0.4, 0.5) is 0 Å². The molecule has 0 bridgehead atoms. The summed E-state index contributed by atoms with van der Waals surface area (Å²) in [5, 5.41) is 6.04. The Kier molecular flexibility index (Phi) is 7.26. The molecule has 7 heteroatoms. The molecular weight excluding hydrogens is 282 g/mol. The second-order valence-electron chi connectivity index (χ2n) is 5.21. The first-order valence-electron chi connectivity index (χ1n) is 7.06. The third-order valence-electron chi connectivity index (χ3n) is 3.72. The van der Waals surface area contributed by atoms with Crippen molar-refractivity contribution in [3.8, 4) is 0 Å². The number of amides is 2. The highest BCUT2D eigenvalue weighted by atomic mass is 35.5. The summed E-state index contributed by atoms with van der Waals surface area (Å²) in [6.07, 6.45) is 1.92. The van der Waals surface area contributed by atoms with E-state index in [2.05, 4.69) is 10.6 Å². The van der Waals surface area contributed by atoms with Crippen LogP contribution in [-0.2, 0) is 14.3 Å². The van der Waals surface area contributed by atoms with E-state index >= 15 is 0 Å². The molecule has 1 unspecified atom stereocenters. The van der Waals surface area contributed by atoms with E-state index in [4.69, 9.17) is 4.74 Å². The molecule has 116 valence electrons. The number of nitrogens with zero attached hydrogens (tertiary/aromatic N) is 1. The molecule has 6 nitrogen and oxygen atoms in total. The molecule has 2 atom stereocenters. The molecule has 2 heterocycles. The average Bonchev–Trinajstić information content (AvgIpc) is 2.48. The summed E-state index contributed by atoms with van der Waals surface area (Å²) in [6.45, 7) is 5.84. The van der Waals surface area contributed by atoms with Crippen LogP contribution >= 0.6 is 12.4 Å². The van der Waals surface area contributed by atoms with Gasteiger partial charge in [0.05, 0.1) is 19.1 Å². The summed E-state index contributed by atoms with van der Waals surface area (Å²) in [4.78, 5) is 26.0. The molecule has 0 spiro atoms. The maximum Gasteiger partial charge on any atom is 0.245 e. The van der Waals surface area contributed by atoms with Gasteiger partial charge in [0.1, 0.15) is 6.04 Å². The Morgan fingerprint density at radius 1 is 1.35 bits per heavy atom. The molecule has 0 aromatic rings. The first-order valence-corrected chi connectivity index (χ1v) is 7.06. The molecule has 2 rings (SSSR count). The SMILES string of the molecule is CC(NC(=O)[C@@H]1CCCNC1)C(=O)N1CCOCC1.Cl. The second-order valence-corrected chi connectivity index (χ2v) is 5.21. The van der Waals surface area contributed by atoms with Crippen molar-refractivity contribution < 1.29 is 14.3 Å². The standard InChI is InChI=1S/C13H23N3O3.ClH/c1-10(13(18)16-5-7-19-8-6-16)15-12(17)11-3-2-4-14-9-11;/h10-11,14H,2-9H2,1H3,(H,15,17);1H/t10?,11-;/m1./s1. The van der Waals surface area contributed by atoms with E-state index in [1.54, 1.807) is 11.8 Å². The minimum absolute atomic E-state index is 0. The number of halogens is 1. The Balaban J connectivity index is 0.00000200. The van der Waals surface area contributed by atoms with Gasteiger partial charge in [0.25, 0.3) is 0 Å². The number of morpholine rings is 1. The van der Waals surface area contributed by atoms with Crippen molar-refractivity contribution in [3.05, 3.63) is 0 Å². The molecule has 2 fully saturated rings. The van der Waals surface area contributed by atoms with Gasteiger partial charge in [-0.3, -0.25) is 9.59 Å². The van der Waals surface area contributed by atoms with Gasteiger partial charge in [0.15, 0.2) is 0 Å². The summed E-state index contributed by atoms with van der Waals surface area (Å²) in [5.41, 5.74) is 0. The first-order chi connectivity index (χ1) is 9.18. The Morgan fingerprint density at radius 2 is 2.05 bits per heavy atom. The van der Waals surface area contributed by atoms with Gasteiger partial charge in [0, 0.05) is 19.6 Å². The minimum atomic E-state index is -0.451. The number of carbonyl (C=O) groups excluding carboxylic acids is 2. The fourth-order valence-corrected chi connectivity index (χ4v) is 2.53. The van der Waals surface area contributed by atoms with Crippen molar-refractivity contribution in [3.63, 3.8) is 0 Å². The van der Waals surface area contributed by atoms with Crippen LogP contribution in [0.25, 0.3) is 0 Å². The molecule has 0 saturated carbocycles. The number of hydrogen-bond donors (Lipinski definition) is 2. The summed E-state index contributed by atoms with van der Waals surface area (Å²) in [5.74, 6) is -0.0320. The molecule has 2 aliphatic heterocycles. The lowest BCUT2D eigenvalue weighted by Gasteiger charge is -2.30. The van der Waals surface area contributed by atoms with E-state index in [0.717, 1.165) is 19.4 Å². The highest BCUT2D eigenvalue weighted by Crippen LogP contribution is 2.10. The van der Waals surface area contributed by atoms with E-state index in [-0.39, 0.29) is 30.1 Å². The number of ether oxygens (including phenoxy) is 1. The van der Waals surface area contributed by atoms with E-state index in [1.165, 1.54) is 0 Å². The Labute approximate surface area is 126 Å². The van der Waals surface area contributed by atoms with E-state index in [0.29, 0.717) is 32.8 Å². The van der Waals surface area contributed by atoms with Crippen molar-refractivity contribution in [2.24, 2.45) is 5.92 Å². The number of carbonyl (C=O) groups is 2. The Bertz CT molecular complexity index is 329. The quantitative estimate of drug-likeness (QED) is 0.756. The zero-order chi connectivity index (χ0) is 13.7. The van der Waals surface area contributed by atoms with Gasteiger partial charge >= 0.3 is 0 Å². The fourth-order valence-electron chi connectivity index (χ4n) is 2.53. The third kappa shape index (κ3) is 4.61. The lowest BCUT2D eigenvalue weighted by molar-refractivity contribution is -0.140. The van der Waals surface area contributed by atoms with Gasteiger partial charge in [-0.25, -0.2) is 0 Å². The van der Waals surface area contributed by atoms with Crippen LogP contribution in [-0.4, -0.2) is 62.1 Å². The minimum Gasteiger partial charge on any atom is -0.378 e. The van der Waals surface area contributed by atoms with Crippen molar-refractivity contribution in [2.45, 2.75) is 25.8 Å². The summed E-state index contributed by atoms with van der Waals surface area (Å²) >= 11 is 0. The fraction of sp³-hybridized carbons (Fsp3) is 0.846. The van der Waals surface area contributed by atoms with Crippen LogP contribution in [0.15, 0.2) is 0 Å². The number of nitrogens with one attached hydrogen (secondary N) is 2. The molecule has 2 N–H and O–H groups in total. The largest absolute Gasteiger partial charge is 0.378 e. The first kappa shape index (κ1) is 17.2.